The molecular weight excluding hydrogens is 552 g/mol. The molecule has 45 heavy (non-hydrogen) atoms. The van der Waals surface area contributed by atoms with E-state index < -0.39 is 0 Å². The summed E-state index contributed by atoms with van der Waals surface area (Å²) in [4.78, 5) is 19.7. The van der Waals surface area contributed by atoms with Gasteiger partial charge in [-0.05, 0) is 45.3 Å². The van der Waals surface area contributed by atoms with Crippen molar-refractivity contribution in [2.45, 2.75) is 0 Å². The van der Waals surface area contributed by atoms with Gasteiger partial charge in [0.1, 0.15) is 5.58 Å². The van der Waals surface area contributed by atoms with Crippen LogP contribution in [0.25, 0.3) is 88.9 Å². The molecular formula is C40H24N4O. The van der Waals surface area contributed by atoms with Crippen LogP contribution in [0.2, 0.25) is 0 Å². The molecule has 0 saturated heterocycles. The van der Waals surface area contributed by atoms with E-state index in [1.54, 1.807) is 0 Å². The molecule has 0 atom stereocenters. The Morgan fingerprint density at radius 2 is 1.00 bits per heavy atom. The first-order chi connectivity index (χ1) is 22.3. The summed E-state index contributed by atoms with van der Waals surface area (Å²) in [7, 11) is 0. The monoisotopic (exact) mass is 576 g/mol. The first kappa shape index (κ1) is 25.3. The number of pyridine rings is 1. The number of benzene rings is 6. The Bertz CT molecular complexity index is 2480. The second-order valence-electron chi connectivity index (χ2n) is 11.1. The number of hydrogen-bond acceptors (Lipinski definition) is 5. The molecule has 0 N–H and O–H groups in total. The SMILES string of the molecule is c1ccc(-c2nc(-c3ccccc3)nc(-c3ccc(-c4cnc5oc6ccc7ccccc7c6c5c4)c4ccccc34)n2)cc1. The number of fused-ring (bicyclic) bond motifs is 6. The fraction of sp³-hybridized carbons (Fsp3) is 0. The number of aromatic nitrogens is 4. The molecule has 9 rings (SSSR count). The van der Waals surface area contributed by atoms with Crippen molar-refractivity contribution in [2.75, 3.05) is 0 Å². The molecule has 0 amide bonds. The van der Waals surface area contributed by atoms with Gasteiger partial charge < -0.3 is 4.42 Å². The number of rotatable bonds is 4. The topological polar surface area (TPSA) is 64.7 Å². The van der Waals surface area contributed by atoms with Crippen LogP contribution in [0.1, 0.15) is 0 Å². The number of hydrogen-bond donors (Lipinski definition) is 0. The van der Waals surface area contributed by atoms with Crippen LogP contribution in [0.4, 0.5) is 0 Å². The van der Waals surface area contributed by atoms with Gasteiger partial charge in [-0.1, -0.05) is 121 Å². The molecule has 0 saturated carbocycles. The van der Waals surface area contributed by atoms with Gasteiger partial charge in [-0.3, -0.25) is 0 Å². The van der Waals surface area contributed by atoms with Crippen molar-refractivity contribution in [2.24, 2.45) is 0 Å². The van der Waals surface area contributed by atoms with Crippen LogP contribution in [0, 0.1) is 0 Å². The van der Waals surface area contributed by atoms with Crippen molar-refractivity contribution in [1.82, 2.24) is 19.9 Å². The summed E-state index contributed by atoms with van der Waals surface area (Å²) in [6, 6.07) is 47.5. The van der Waals surface area contributed by atoms with Crippen LogP contribution in [-0.2, 0) is 0 Å². The molecule has 6 aromatic carbocycles. The van der Waals surface area contributed by atoms with Crippen molar-refractivity contribution in [3.8, 4) is 45.3 Å². The van der Waals surface area contributed by atoms with Crippen LogP contribution in [0.3, 0.4) is 0 Å². The Hall–Kier alpha value is -6.20. The predicted molar refractivity (Wildman–Crippen MR) is 182 cm³/mol. The summed E-state index contributed by atoms with van der Waals surface area (Å²) in [6.07, 6.45) is 1.90. The van der Waals surface area contributed by atoms with Gasteiger partial charge in [-0.25, -0.2) is 19.9 Å². The minimum absolute atomic E-state index is 0.631. The first-order valence-electron chi connectivity index (χ1n) is 14.9. The van der Waals surface area contributed by atoms with E-state index in [4.69, 9.17) is 24.4 Å². The van der Waals surface area contributed by atoms with E-state index >= 15 is 0 Å². The molecule has 0 bridgehead atoms. The molecule has 0 aliphatic rings. The lowest BCUT2D eigenvalue weighted by Crippen LogP contribution is -2.00. The van der Waals surface area contributed by atoms with E-state index in [0.29, 0.717) is 23.2 Å². The molecule has 3 heterocycles. The zero-order chi connectivity index (χ0) is 29.7. The van der Waals surface area contributed by atoms with Crippen molar-refractivity contribution in [1.29, 1.82) is 0 Å². The molecule has 0 unspecified atom stereocenters. The standard InChI is InChI=1S/C40H24N4O/c1-3-12-26(13-4-1)37-42-38(27-14-5-2-6-15-27)44-39(43-37)33-21-20-29(31-17-9-10-18-32(31)33)28-23-34-36-30-16-8-7-11-25(30)19-22-35(36)45-40(34)41-24-28/h1-24H. The van der Waals surface area contributed by atoms with Crippen LogP contribution in [0.5, 0.6) is 0 Å². The van der Waals surface area contributed by atoms with Gasteiger partial charge in [0.15, 0.2) is 17.5 Å². The third-order valence-corrected chi connectivity index (χ3v) is 8.39. The van der Waals surface area contributed by atoms with Gasteiger partial charge in [0, 0.05) is 39.2 Å². The lowest BCUT2D eigenvalue weighted by Gasteiger charge is -2.13. The van der Waals surface area contributed by atoms with E-state index in [1.807, 2.05) is 72.9 Å². The molecule has 0 spiro atoms. The summed E-state index contributed by atoms with van der Waals surface area (Å²) in [5, 5.41) is 6.58. The Balaban J connectivity index is 1.25. The summed E-state index contributed by atoms with van der Waals surface area (Å²) >= 11 is 0. The Kier molecular flexibility index (Phi) is 5.74. The normalized spacial score (nSPS) is 11.6. The maximum atomic E-state index is 6.18. The van der Waals surface area contributed by atoms with E-state index in [-0.39, 0.29) is 0 Å². The van der Waals surface area contributed by atoms with Crippen molar-refractivity contribution in [3.05, 3.63) is 146 Å². The zero-order valence-electron chi connectivity index (χ0n) is 24.1. The molecule has 0 fully saturated rings. The minimum atomic E-state index is 0.631. The highest BCUT2D eigenvalue weighted by Gasteiger charge is 2.17. The summed E-state index contributed by atoms with van der Waals surface area (Å²) < 4.78 is 6.18. The van der Waals surface area contributed by atoms with Gasteiger partial charge in [0.05, 0.1) is 0 Å². The summed E-state index contributed by atoms with van der Waals surface area (Å²) in [6.45, 7) is 0. The molecule has 0 aliphatic carbocycles. The molecule has 0 aliphatic heterocycles. The molecule has 3 aromatic heterocycles. The highest BCUT2D eigenvalue weighted by atomic mass is 16.3. The van der Waals surface area contributed by atoms with Gasteiger partial charge in [0.25, 0.3) is 0 Å². The summed E-state index contributed by atoms with van der Waals surface area (Å²) in [5.74, 6) is 1.91. The van der Waals surface area contributed by atoms with Gasteiger partial charge in [0.2, 0.25) is 5.71 Å². The van der Waals surface area contributed by atoms with Crippen LogP contribution in [0.15, 0.2) is 150 Å². The highest BCUT2D eigenvalue weighted by molar-refractivity contribution is 6.19. The summed E-state index contributed by atoms with van der Waals surface area (Å²) in [5.41, 5.74) is 6.41. The lowest BCUT2D eigenvalue weighted by molar-refractivity contribution is 0.654. The second kappa shape index (κ2) is 10.2. The lowest BCUT2D eigenvalue weighted by atomic mass is 9.94. The maximum absolute atomic E-state index is 6.18. The minimum Gasteiger partial charge on any atom is -0.438 e. The molecule has 9 aromatic rings. The van der Waals surface area contributed by atoms with Gasteiger partial charge in [-0.15, -0.1) is 0 Å². The third kappa shape index (κ3) is 4.25. The average Bonchev–Trinajstić information content (AvgIpc) is 3.50. The van der Waals surface area contributed by atoms with E-state index in [2.05, 4.69) is 72.8 Å². The third-order valence-electron chi connectivity index (χ3n) is 8.39. The van der Waals surface area contributed by atoms with E-state index in [1.165, 1.54) is 5.39 Å². The fourth-order valence-corrected chi connectivity index (χ4v) is 6.25. The zero-order valence-corrected chi connectivity index (χ0v) is 24.1. The average molecular weight is 577 g/mol. The van der Waals surface area contributed by atoms with Crippen LogP contribution >= 0.6 is 0 Å². The predicted octanol–water partition coefficient (Wildman–Crippen LogP) is 10.1. The van der Waals surface area contributed by atoms with E-state index in [0.717, 1.165) is 60.3 Å². The number of nitrogens with zero attached hydrogens (tertiary/aromatic N) is 4. The molecule has 0 radical (unpaired) electrons. The van der Waals surface area contributed by atoms with Crippen LogP contribution < -0.4 is 0 Å². The van der Waals surface area contributed by atoms with Gasteiger partial charge in [-0.2, -0.15) is 0 Å². The van der Waals surface area contributed by atoms with Gasteiger partial charge >= 0.3 is 0 Å². The Morgan fingerprint density at radius 1 is 0.422 bits per heavy atom. The van der Waals surface area contributed by atoms with Crippen molar-refractivity contribution >= 4 is 43.6 Å². The molecule has 210 valence electrons. The van der Waals surface area contributed by atoms with Crippen molar-refractivity contribution in [3.63, 3.8) is 0 Å². The van der Waals surface area contributed by atoms with E-state index in [9.17, 15) is 0 Å². The first-order valence-corrected chi connectivity index (χ1v) is 14.9. The highest BCUT2D eigenvalue weighted by Crippen LogP contribution is 2.39. The largest absolute Gasteiger partial charge is 0.438 e. The van der Waals surface area contributed by atoms with Crippen LogP contribution in [-0.4, -0.2) is 19.9 Å². The maximum Gasteiger partial charge on any atom is 0.227 e. The molecule has 5 heteroatoms. The fourth-order valence-electron chi connectivity index (χ4n) is 6.25. The molecule has 5 nitrogen and oxygen atoms in total. The smallest absolute Gasteiger partial charge is 0.227 e. The Labute approximate surface area is 258 Å². The van der Waals surface area contributed by atoms with Crippen molar-refractivity contribution < 1.29 is 4.42 Å². The quantitative estimate of drug-likeness (QED) is 0.209. The Morgan fingerprint density at radius 3 is 1.71 bits per heavy atom. The number of furan rings is 1. The second-order valence-corrected chi connectivity index (χ2v) is 11.1.